The Balaban J connectivity index is 2.13. The summed E-state index contributed by atoms with van der Waals surface area (Å²) in [6.07, 6.45) is 5.35. The van der Waals surface area contributed by atoms with Crippen molar-refractivity contribution < 1.29 is 5.11 Å². The van der Waals surface area contributed by atoms with Crippen molar-refractivity contribution in [2.24, 2.45) is 0 Å². The first-order chi connectivity index (χ1) is 7.22. The standard InChI is InChI=1S/C11H13N3O/c1-8(15)11(3-4-11)9-7-10-12-5-2-6-14(10)13-9/h2,5-8,15H,3-4H2,1H3. The molecule has 1 fully saturated rings. The van der Waals surface area contributed by atoms with Crippen molar-refractivity contribution in [2.75, 3.05) is 0 Å². The van der Waals surface area contributed by atoms with Gasteiger partial charge in [0, 0.05) is 23.9 Å². The zero-order valence-electron chi connectivity index (χ0n) is 8.59. The Hall–Kier alpha value is -1.42. The number of hydrogen-bond acceptors (Lipinski definition) is 3. The molecule has 0 aromatic carbocycles. The minimum absolute atomic E-state index is 0.103. The van der Waals surface area contributed by atoms with Crippen molar-refractivity contribution in [2.45, 2.75) is 31.3 Å². The predicted octanol–water partition coefficient (Wildman–Crippen LogP) is 1.14. The molecule has 1 N–H and O–H groups in total. The Morgan fingerprint density at radius 1 is 1.53 bits per heavy atom. The predicted molar refractivity (Wildman–Crippen MR) is 55.6 cm³/mol. The van der Waals surface area contributed by atoms with Crippen LogP contribution in [-0.4, -0.2) is 25.8 Å². The van der Waals surface area contributed by atoms with Crippen LogP contribution < -0.4 is 0 Å². The lowest BCUT2D eigenvalue weighted by atomic mass is 9.97. The quantitative estimate of drug-likeness (QED) is 0.796. The summed E-state index contributed by atoms with van der Waals surface area (Å²) in [4.78, 5) is 4.22. The van der Waals surface area contributed by atoms with E-state index >= 15 is 0 Å². The number of aliphatic hydroxyl groups is 1. The number of fused-ring (bicyclic) bond motifs is 1. The smallest absolute Gasteiger partial charge is 0.155 e. The average molecular weight is 203 g/mol. The number of rotatable bonds is 2. The average Bonchev–Trinajstić information content (AvgIpc) is 2.93. The topological polar surface area (TPSA) is 50.4 Å². The van der Waals surface area contributed by atoms with Crippen LogP contribution in [0.4, 0.5) is 0 Å². The van der Waals surface area contributed by atoms with Crippen LogP contribution in [0.5, 0.6) is 0 Å². The van der Waals surface area contributed by atoms with Gasteiger partial charge < -0.3 is 5.11 Å². The minimum Gasteiger partial charge on any atom is -0.392 e. The van der Waals surface area contributed by atoms with Gasteiger partial charge in [0.05, 0.1) is 11.8 Å². The third kappa shape index (κ3) is 1.18. The first kappa shape index (κ1) is 8.85. The molecule has 4 nitrogen and oxygen atoms in total. The molecule has 2 aromatic rings. The zero-order valence-corrected chi connectivity index (χ0v) is 8.59. The van der Waals surface area contributed by atoms with E-state index in [2.05, 4.69) is 10.1 Å². The Morgan fingerprint density at radius 3 is 2.93 bits per heavy atom. The van der Waals surface area contributed by atoms with Crippen LogP contribution in [0.25, 0.3) is 5.65 Å². The van der Waals surface area contributed by atoms with Gasteiger partial charge in [-0.3, -0.25) is 0 Å². The van der Waals surface area contributed by atoms with Gasteiger partial charge in [0.2, 0.25) is 0 Å². The van der Waals surface area contributed by atoms with Crippen LogP contribution in [0.1, 0.15) is 25.5 Å². The minimum atomic E-state index is -0.331. The second-order valence-electron chi connectivity index (χ2n) is 4.28. The maximum atomic E-state index is 9.75. The summed E-state index contributed by atoms with van der Waals surface area (Å²) in [5.74, 6) is 0. The molecule has 0 aliphatic heterocycles. The van der Waals surface area contributed by atoms with Crippen molar-refractivity contribution in [3.8, 4) is 0 Å². The Kier molecular flexibility index (Phi) is 1.65. The van der Waals surface area contributed by atoms with E-state index in [-0.39, 0.29) is 11.5 Å². The molecule has 0 amide bonds. The van der Waals surface area contributed by atoms with Crippen LogP contribution in [0.2, 0.25) is 0 Å². The molecule has 1 aliphatic carbocycles. The van der Waals surface area contributed by atoms with E-state index in [0.717, 1.165) is 24.2 Å². The summed E-state index contributed by atoms with van der Waals surface area (Å²) in [6, 6.07) is 3.82. The third-order valence-corrected chi connectivity index (χ3v) is 3.33. The molecular weight excluding hydrogens is 190 g/mol. The normalized spacial score (nSPS) is 20.4. The van der Waals surface area contributed by atoms with Gasteiger partial charge in [-0.15, -0.1) is 0 Å². The molecule has 1 aliphatic rings. The van der Waals surface area contributed by atoms with Gasteiger partial charge in [-0.1, -0.05) is 0 Å². The number of aliphatic hydroxyl groups excluding tert-OH is 1. The highest BCUT2D eigenvalue weighted by Crippen LogP contribution is 2.50. The summed E-state index contributed by atoms with van der Waals surface area (Å²) < 4.78 is 1.76. The Morgan fingerprint density at radius 2 is 2.33 bits per heavy atom. The Bertz CT molecular complexity index is 466. The molecule has 1 unspecified atom stereocenters. The molecule has 1 saturated carbocycles. The Labute approximate surface area is 87.6 Å². The van der Waals surface area contributed by atoms with E-state index in [9.17, 15) is 5.11 Å². The molecule has 2 aromatic heterocycles. The van der Waals surface area contributed by atoms with E-state index in [1.54, 1.807) is 10.7 Å². The molecule has 2 heterocycles. The van der Waals surface area contributed by atoms with E-state index < -0.39 is 0 Å². The lowest BCUT2D eigenvalue weighted by Crippen LogP contribution is -2.23. The molecule has 1 atom stereocenters. The van der Waals surface area contributed by atoms with Crippen molar-refractivity contribution in [1.82, 2.24) is 14.6 Å². The summed E-state index contributed by atoms with van der Waals surface area (Å²) in [5.41, 5.74) is 1.71. The van der Waals surface area contributed by atoms with Gasteiger partial charge in [0.1, 0.15) is 0 Å². The highest BCUT2D eigenvalue weighted by atomic mass is 16.3. The molecule has 0 bridgehead atoms. The summed E-state index contributed by atoms with van der Waals surface area (Å²) in [6.45, 7) is 1.84. The second kappa shape index (κ2) is 2.79. The zero-order chi connectivity index (χ0) is 10.5. The van der Waals surface area contributed by atoms with Crippen LogP contribution in [0.3, 0.4) is 0 Å². The fraction of sp³-hybridized carbons (Fsp3) is 0.455. The molecule has 3 rings (SSSR count). The summed E-state index contributed by atoms with van der Waals surface area (Å²) in [5, 5.41) is 14.2. The molecular formula is C11H13N3O. The van der Waals surface area contributed by atoms with Crippen molar-refractivity contribution in [3.05, 3.63) is 30.2 Å². The van der Waals surface area contributed by atoms with Gasteiger partial charge in [-0.25, -0.2) is 9.50 Å². The van der Waals surface area contributed by atoms with Gasteiger partial charge in [-0.2, -0.15) is 5.10 Å². The van der Waals surface area contributed by atoms with Crippen LogP contribution in [0, 0.1) is 0 Å². The molecule has 0 radical (unpaired) electrons. The monoisotopic (exact) mass is 203 g/mol. The highest BCUT2D eigenvalue weighted by molar-refractivity contribution is 5.43. The lowest BCUT2D eigenvalue weighted by molar-refractivity contribution is 0.148. The first-order valence-corrected chi connectivity index (χ1v) is 5.21. The highest BCUT2D eigenvalue weighted by Gasteiger charge is 2.50. The maximum absolute atomic E-state index is 9.75. The van der Waals surface area contributed by atoms with E-state index in [1.807, 2.05) is 25.3 Å². The summed E-state index contributed by atoms with van der Waals surface area (Å²) in [7, 11) is 0. The van der Waals surface area contributed by atoms with Crippen LogP contribution in [-0.2, 0) is 5.41 Å². The number of aromatic nitrogens is 3. The van der Waals surface area contributed by atoms with Crippen molar-refractivity contribution >= 4 is 5.65 Å². The third-order valence-electron chi connectivity index (χ3n) is 3.33. The second-order valence-corrected chi connectivity index (χ2v) is 4.28. The number of hydrogen-bond donors (Lipinski definition) is 1. The summed E-state index contributed by atoms with van der Waals surface area (Å²) >= 11 is 0. The van der Waals surface area contributed by atoms with E-state index in [0.29, 0.717) is 0 Å². The van der Waals surface area contributed by atoms with Crippen molar-refractivity contribution in [1.29, 1.82) is 0 Å². The molecule has 78 valence electrons. The lowest BCUT2D eigenvalue weighted by Gasteiger charge is -2.14. The van der Waals surface area contributed by atoms with E-state index in [1.165, 1.54) is 0 Å². The molecule has 15 heavy (non-hydrogen) atoms. The van der Waals surface area contributed by atoms with E-state index in [4.69, 9.17) is 0 Å². The fourth-order valence-electron chi connectivity index (χ4n) is 2.10. The van der Waals surface area contributed by atoms with Crippen LogP contribution in [0.15, 0.2) is 24.5 Å². The van der Waals surface area contributed by atoms with Crippen LogP contribution >= 0.6 is 0 Å². The number of nitrogens with zero attached hydrogens (tertiary/aromatic N) is 3. The van der Waals surface area contributed by atoms with Gasteiger partial charge in [0.25, 0.3) is 0 Å². The molecule has 0 spiro atoms. The van der Waals surface area contributed by atoms with Gasteiger partial charge >= 0.3 is 0 Å². The molecule has 0 saturated heterocycles. The maximum Gasteiger partial charge on any atom is 0.155 e. The van der Waals surface area contributed by atoms with Gasteiger partial charge in [0.15, 0.2) is 5.65 Å². The largest absolute Gasteiger partial charge is 0.392 e. The molecule has 4 heteroatoms. The fourth-order valence-corrected chi connectivity index (χ4v) is 2.10. The SMILES string of the molecule is CC(O)C1(c2cc3ncccn3n2)CC1. The first-order valence-electron chi connectivity index (χ1n) is 5.21. The van der Waals surface area contributed by atoms with Crippen molar-refractivity contribution in [3.63, 3.8) is 0 Å². The van der Waals surface area contributed by atoms with Gasteiger partial charge in [-0.05, 0) is 25.8 Å².